The summed E-state index contributed by atoms with van der Waals surface area (Å²) in [5.41, 5.74) is 3.18. The minimum atomic E-state index is -0.0325. The summed E-state index contributed by atoms with van der Waals surface area (Å²) in [6.07, 6.45) is 4.37. The van der Waals surface area contributed by atoms with E-state index in [1.807, 2.05) is 18.2 Å². The Morgan fingerprint density at radius 2 is 2.31 bits per heavy atom. The Bertz CT molecular complexity index is 1060. The quantitative estimate of drug-likeness (QED) is 0.656. The van der Waals surface area contributed by atoms with Crippen LogP contribution in [0.5, 0.6) is 0 Å². The van der Waals surface area contributed by atoms with E-state index in [1.165, 1.54) is 0 Å². The number of amides is 1. The number of carbonyl (C=O) groups is 1. The highest BCUT2D eigenvalue weighted by atomic mass is 32.1. The molecule has 2 aromatic heterocycles. The lowest BCUT2D eigenvalue weighted by molar-refractivity contribution is 0.0940. The predicted molar refractivity (Wildman–Crippen MR) is 114 cm³/mol. The van der Waals surface area contributed by atoms with Gasteiger partial charge in [0.2, 0.25) is 0 Å². The van der Waals surface area contributed by atoms with Crippen LogP contribution in [0.3, 0.4) is 0 Å². The van der Waals surface area contributed by atoms with Gasteiger partial charge in [0, 0.05) is 36.0 Å². The summed E-state index contributed by atoms with van der Waals surface area (Å²) >= 11 is 1.64. The topological polar surface area (TPSA) is 90.7 Å². The molecule has 4 rings (SSSR count). The van der Waals surface area contributed by atoms with Crippen molar-refractivity contribution in [3.63, 3.8) is 0 Å². The highest BCUT2D eigenvalue weighted by molar-refractivity contribution is 7.18. The molecule has 1 aliphatic rings. The molecule has 7 heteroatoms. The first-order valence-corrected chi connectivity index (χ1v) is 10.7. The van der Waals surface area contributed by atoms with E-state index in [0.29, 0.717) is 11.1 Å². The minimum Gasteiger partial charge on any atom is -0.348 e. The molecule has 1 fully saturated rings. The Morgan fingerprint density at radius 1 is 1.41 bits per heavy atom. The number of pyridine rings is 1. The van der Waals surface area contributed by atoms with Crippen molar-refractivity contribution >= 4 is 27.5 Å². The zero-order valence-electron chi connectivity index (χ0n) is 16.3. The van der Waals surface area contributed by atoms with Gasteiger partial charge in [-0.25, -0.2) is 4.98 Å². The maximum absolute atomic E-state index is 12.5. The van der Waals surface area contributed by atoms with Crippen LogP contribution in [0.15, 0.2) is 36.5 Å². The second-order valence-electron chi connectivity index (χ2n) is 7.49. The summed E-state index contributed by atoms with van der Waals surface area (Å²) in [6, 6.07) is 11.6. The average molecular weight is 406 g/mol. The van der Waals surface area contributed by atoms with E-state index < -0.39 is 0 Å². The Hall–Kier alpha value is -2.82. The summed E-state index contributed by atoms with van der Waals surface area (Å²) in [5.74, 6) is 0.247. The van der Waals surface area contributed by atoms with Crippen molar-refractivity contribution in [2.75, 3.05) is 13.1 Å². The SMILES string of the molecule is CC(CCc1cc(C(=O)NC2CCNC2)ccn1)c1nc2ccc(C#N)cc2s1. The lowest BCUT2D eigenvalue weighted by atomic mass is 10.0. The third kappa shape index (κ3) is 4.61. The number of benzene rings is 1. The van der Waals surface area contributed by atoms with Crippen LogP contribution in [0.25, 0.3) is 10.2 Å². The van der Waals surface area contributed by atoms with Crippen molar-refractivity contribution in [2.45, 2.75) is 38.1 Å². The maximum atomic E-state index is 12.5. The molecule has 2 unspecified atom stereocenters. The van der Waals surface area contributed by atoms with Gasteiger partial charge < -0.3 is 10.6 Å². The van der Waals surface area contributed by atoms with Gasteiger partial charge in [-0.05, 0) is 56.1 Å². The molecule has 0 spiro atoms. The van der Waals surface area contributed by atoms with Crippen molar-refractivity contribution < 1.29 is 4.79 Å². The molecule has 148 valence electrons. The Morgan fingerprint density at radius 3 is 3.10 bits per heavy atom. The number of nitrogens with one attached hydrogen (secondary N) is 2. The number of carbonyl (C=O) groups excluding carboxylic acids is 1. The first-order chi connectivity index (χ1) is 14.1. The fourth-order valence-corrected chi connectivity index (χ4v) is 4.61. The summed E-state index contributed by atoms with van der Waals surface area (Å²) in [7, 11) is 0. The molecule has 3 aromatic rings. The molecule has 2 N–H and O–H groups in total. The van der Waals surface area contributed by atoms with Crippen LogP contribution in [0, 0.1) is 11.3 Å². The third-order valence-corrected chi connectivity index (χ3v) is 6.51. The number of rotatable bonds is 6. The zero-order valence-corrected chi connectivity index (χ0v) is 17.1. The Balaban J connectivity index is 1.39. The molecular weight excluding hydrogens is 382 g/mol. The summed E-state index contributed by atoms with van der Waals surface area (Å²) < 4.78 is 1.05. The standard InChI is InChI=1S/C22H23N5OS/c1-14(22-27-19-5-3-15(12-23)10-20(19)29-22)2-4-17-11-16(6-9-25-17)21(28)26-18-7-8-24-13-18/h3,5-6,9-11,14,18,24H,2,4,7-8,13H2,1H3,(H,26,28). The van der Waals surface area contributed by atoms with Gasteiger partial charge >= 0.3 is 0 Å². The number of nitrogens with zero attached hydrogens (tertiary/aromatic N) is 3. The third-order valence-electron chi connectivity index (χ3n) is 5.26. The molecule has 0 bridgehead atoms. The van der Waals surface area contributed by atoms with Gasteiger partial charge in [-0.3, -0.25) is 9.78 Å². The summed E-state index contributed by atoms with van der Waals surface area (Å²) in [6.45, 7) is 3.94. The minimum absolute atomic E-state index is 0.0325. The smallest absolute Gasteiger partial charge is 0.251 e. The second-order valence-corrected chi connectivity index (χ2v) is 8.55. The first kappa shape index (κ1) is 19.5. The predicted octanol–water partition coefficient (Wildman–Crippen LogP) is 3.39. The van der Waals surface area contributed by atoms with Gasteiger partial charge in [0.15, 0.2) is 0 Å². The molecule has 1 aromatic carbocycles. The van der Waals surface area contributed by atoms with E-state index in [9.17, 15) is 4.79 Å². The zero-order chi connectivity index (χ0) is 20.2. The van der Waals surface area contributed by atoms with Crippen molar-refractivity contribution in [1.82, 2.24) is 20.6 Å². The number of aryl methyl sites for hydroxylation is 1. The molecule has 2 atom stereocenters. The van der Waals surface area contributed by atoms with Gasteiger partial charge in [-0.15, -0.1) is 11.3 Å². The normalized spacial score (nSPS) is 17.2. The van der Waals surface area contributed by atoms with E-state index in [-0.39, 0.29) is 17.9 Å². The number of fused-ring (bicyclic) bond motifs is 1. The monoisotopic (exact) mass is 405 g/mol. The molecular formula is C22H23N5OS. The number of nitriles is 1. The van der Waals surface area contributed by atoms with Crippen LogP contribution >= 0.6 is 11.3 Å². The molecule has 0 saturated carbocycles. The average Bonchev–Trinajstić information content (AvgIpc) is 3.41. The Kier molecular flexibility index (Phi) is 5.84. The molecule has 3 heterocycles. The number of aromatic nitrogens is 2. The van der Waals surface area contributed by atoms with Gasteiger partial charge in [0.1, 0.15) is 0 Å². The molecule has 0 aliphatic carbocycles. The van der Waals surface area contributed by atoms with Crippen molar-refractivity contribution in [1.29, 1.82) is 5.26 Å². The van der Waals surface area contributed by atoms with Gasteiger partial charge in [0.05, 0.1) is 26.9 Å². The molecule has 1 aliphatic heterocycles. The van der Waals surface area contributed by atoms with E-state index in [0.717, 1.165) is 53.3 Å². The van der Waals surface area contributed by atoms with Crippen molar-refractivity contribution in [2.24, 2.45) is 0 Å². The molecule has 1 saturated heterocycles. The lowest BCUT2D eigenvalue weighted by Gasteiger charge is -2.12. The molecule has 6 nitrogen and oxygen atoms in total. The molecule has 1 amide bonds. The van der Waals surface area contributed by atoms with Crippen molar-refractivity contribution in [3.8, 4) is 6.07 Å². The van der Waals surface area contributed by atoms with Crippen LogP contribution in [-0.4, -0.2) is 35.0 Å². The van der Waals surface area contributed by atoms with Crippen LogP contribution in [0.2, 0.25) is 0 Å². The van der Waals surface area contributed by atoms with E-state index in [4.69, 9.17) is 10.2 Å². The van der Waals surface area contributed by atoms with Crippen LogP contribution < -0.4 is 10.6 Å². The number of thiazole rings is 1. The summed E-state index contributed by atoms with van der Waals surface area (Å²) in [5, 5.41) is 16.5. The second kappa shape index (κ2) is 8.68. The first-order valence-electron chi connectivity index (χ1n) is 9.89. The number of hydrogen-bond donors (Lipinski definition) is 2. The van der Waals surface area contributed by atoms with E-state index in [1.54, 1.807) is 29.7 Å². The highest BCUT2D eigenvalue weighted by Crippen LogP contribution is 2.30. The van der Waals surface area contributed by atoms with Crippen LogP contribution in [-0.2, 0) is 6.42 Å². The summed E-state index contributed by atoms with van der Waals surface area (Å²) in [4.78, 5) is 21.6. The molecule has 0 radical (unpaired) electrons. The highest BCUT2D eigenvalue weighted by Gasteiger charge is 2.18. The Labute approximate surface area is 174 Å². The van der Waals surface area contributed by atoms with E-state index in [2.05, 4.69) is 28.6 Å². The number of hydrogen-bond acceptors (Lipinski definition) is 6. The van der Waals surface area contributed by atoms with Gasteiger partial charge in [-0.1, -0.05) is 6.92 Å². The van der Waals surface area contributed by atoms with Gasteiger partial charge in [0.25, 0.3) is 5.91 Å². The maximum Gasteiger partial charge on any atom is 0.251 e. The largest absolute Gasteiger partial charge is 0.348 e. The molecule has 29 heavy (non-hydrogen) atoms. The van der Waals surface area contributed by atoms with E-state index >= 15 is 0 Å². The van der Waals surface area contributed by atoms with Crippen LogP contribution in [0.1, 0.15) is 52.3 Å². The lowest BCUT2D eigenvalue weighted by Crippen LogP contribution is -2.36. The fourth-order valence-electron chi connectivity index (χ4n) is 3.51. The fraction of sp³-hybridized carbons (Fsp3) is 0.364. The van der Waals surface area contributed by atoms with Crippen LogP contribution in [0.4, 0.5) is 0 Å². The van der Waals surface area contributed by atoms with Crippen molar-refractivity contribution in [3.05, 3.63) is 58.4 Å². The van der Waals surface area contributed by atoms with Gasteiger partial charge in [-0.2, -0.15) is 5.26 Å².